The van der Waals surface area contributed by atoms with Crippen LogP contribution in [0.3, 0.4) is 0 Å². The molecule has 1 aliphatic rings. The Labute approximate surface area is 111 Å². The highest BCUT2D eigenvalue weighted by Crippen LogP contribution is 2.21. The highest BCUT2D eigenvalue weighted by Gasteiger charge is 2.25. The van der Waals surface area contributed by atoms with Crippen molar-refractivity contribution in [2.75, 3.05) is 16.9 Å². The summed E-state index contributed by atoms with van der Waals surface area (Å²) in [6.07, 6.45) is 3.14. The van der Waals surface area contributed by atoms with Crippen LogP contribution < -0.4 is 16.0 Å². The van der Waals surface area contributed by atoms with Crippen LogP contribution in [0.5, 0.6) is 0 Å². The van der Waals surface area contributed by atoms with Crippen molar-refractivity contribution in [3.63, 3.8) is 0 Å². The summed E-state index contributed by atoms with van der Waals surface area (Å²) in [6, 6.07) is 3.20. The average Bonchev–Trinajstić information content (AvgIpc) is 2.39. The lowest BCUT2D eigenvalue weighted by Gasteiger charge is -2.22. The molecule has 100 valence electrons. The van der Waals surface area contributed by atoms with E-state index in [1.807, 2.05) is 11.8 Å². The van der Waals surface area contributed by atoms with E-state index in [9.17, 15) is 8.42 Å². The maximum atomic E-state index is 12.2. The monoisotopic (exact) mass is 288 g/mol. The number of hydrazine groups is 1. The van der Waals surface area contributed by atoms with Crippen LogP contribution in [0.4, 0.5) is 5.69 Å². The van der Waals surface area contributed by atoms with Crippen molar-refractivity contribution in [2.45, 2.75) is 23.9 Å². The number of aromatic nitrogens is 1. The molecule has 0 atom stereocenters. The second kappa shape index (κ2) is 5.87. The fraction of sp³-hybridized carbons (Fsp3) is 0.500. The van der Waals surface area contributed by atoms with Crippen molar-refractivity contribution in [1.29, 1.82) is 0 Å². The molecule has 0 saturated carbocycles. The Morgan fingerprint density at radius 1 is 1.39 bits per heavy atom. The molecule has 0 aromatic carbocycles. The molecule has 1 aliphatic heterocycles. The summed E-state index contributed by atoms with van der Waals surface area (Å²) in [5, 5.41) is -0.0503. The summed E-state index contributed by atoms with van der Waals surface area (Å²) in [4.78, 5) is 3.89. The minimum Gasteiger partial charge on any atom is -0.321 e. The zero-order chi connectivity index (χ0) is 13.0. The number of pyridine rings is 1. The standard InChI is InChI=1S/C10H16N4O2S2/c11-13-9-2-1-5-12-10(9)18(15,16)14-8-3-6-17-7-4-8/h1-2,5,8,13-14H,3-4,6-7,11H2. The van der Waals surface area contributed by atoms with Crippen LogP contribution in [-0.4, -0.2) is 30.9 Å². The lowest BCUT2D eigenvalue weighted by Crippen LogP contribution is -2.38. The second-order valence-electron chi connectivity index (χ2n) is 4.01. The van der Waals surface area contributed by atoms with Gasteiger partial charge < -0.3 is 5.43 Å². The number of hydrogen-bond donors (Lipinski definition) is 3. The van der Waals surface area contributed by atoms with Gasteiger partial charge in [-0.05, 0) is 36.5 Å². The minimum atomic E-state index is -3.62. The highest BCUT2D eigenvalue weighted by atomic mass is 32.2. The molecule has 8 heteroatoms. The Kier molecular flexibility index (Phi) is 4.44. The van der Waals surface area contributed by atoms with Gasteiger partial charge in [0.25, 0.3) is 10.0 Å². The molecule has 0 spiro atoms. The summed E-state index contributed by atoms with van der Waals surface area (Å²) in [5.74, 6) is 7.26. The third-order valence-electron chi connectivity index (χ3n) is 2.72. The van der Waals surface area contributed by atoms with Gasteiger partial charge >= 0.3 is 0 Å². The first kappa shape index (κ1) is 13.6. The molecule has 0 amide bonds. The van der Waals surface area contributed by atoms with Gasteiger partial charge in [-0.25, -0.2) is 18.1 Å². The molecule has 0 aliphatic carbocycles. The van der Waals surface area contributed by atoms with E-state index in [1.165, 1.54) is 6.20 Å². The van der Waals surface area contributed by atoms with Crippen molar-refractivity contribution in [3.8, 4) is 0 Å². The number of nitrogens with one attached hydrogen (secondary N) is 2. The van der Waals surface area contributed by atoms with Gasteiger partial charge in [-0.3, -0.25) is 5.84 Å². The number of nitrogens with zero attached hydrogens (tertiary/aromatic N) is 1. The molecule has 1 saturated heterocycles. The van der Waals surface area contributed by atoms with Gasteiger partial charge in [0.1, 0.15) is 0 Å². The Morgan fingerprint density at radius 2 is 2.11 bits per heavy atom. The molecule has 1 fully saturated rings. The number of thioether (sulfide) groups is 1. The number of nitrogen functional groups attached to an aromatic ring is 1. The predicted octanol–water partition coefficient (Wildman–Crippen LogP) is 0.541. The number of hydrogen-bond acceptors (Lipinski definition) is 6. The smallest absolute Gasteiger partial charge is 0.260 e. The molecule has 18 heavy (non-hydrogen) atoms. The van der Waals surface area contributed by atoms with Crippen molar-refractivity contribution in [3.05, 3.63) is 18.3 Å². The van der Waals surface area contributed by atoms with Gasteiger partial charge in [0.2, 0.25) is 0 Å². The SMILES string of the molecule is NNc1cccnc1S(=O)(=O)NC1CCSCC1. The van der Waals surface area contributed by atoms with E-state index in [0.717, 1.165) is 24.3 Å². The zero-order valence-corrected chi connectivity index (χ0v) is 11.4. The molecule has 2 heterocycles. The van der Waals surface area contributed by atoms with Crippen molar-refractivity contribution >= 4 is 27.5 Å². The number of sulfonamides is 1. The Balaban J connectivity index is 2.19. The molecular formula is C10H16N4O2S2. The average molecular weight is 288 g/mol. The molecule has 0 bridgehead atoms. The summed E-state index contributed by atoms with van der Waals surface area (Å²) >= 11 is 1.85. The number of nitrogens with two attached hydrogens (primary N) is 1. The molecule has 1 aromatic rings. The topological polar surface area (TPSA) is 97.1 Å². The van der Waals surface area contributed by atoms with Gasteiger partial charge in [-0.1, -0.05) is 0 Å². The quantitative estimate of drug-likeness (QED) is 0.553. The van der Waals surface area contributed by atoms with Crippen LogP contribution in [0.15, 0.2) is 23.4 Å². The number of rotatable bonds is 4. The molecule has 0 unspecified atom stereocenters. The fourth-order valence-corrected chi connectivity index (χ4v) is 4.31. The summed E-state index contributed by atoms with van der Waals surface area (Å²) < 4.78 is 27.1. The maximum Gasteiger partial charge on any atom is 0.260 e. The van der Waals surface area contributed by atoms with Crippen LogP contribution in [0.1, 0.15) is 12.8 Å². The van der Waals surface area contributed by atoms with Gasteiger partial charge in [0, 0.05) is 12.2 Å². The van der Waals surface area contributed by atoms with E-state index in [-0.39, 0.29) is 11.1 Å². The first-order chi connectivity index (χ1) is 8.63. The lowest BCUT2D eigenvalue weighted by molar-refractivity contribution is 0.526. The molecule has 1 aromatic heterocycles. The first-order valence-corrected chi connectivity index (χ1v) is 8.29. The third-order valence-corrected chi connectivity index (χ3v) is 5.25. The largest absolute Gasteiger partial charge is 0.321 e. The molecule has 4 N–H and O–H groups in total. The van der Waals surface area contributed by atoms with E-state index in [4.69, 9.17) is 5.84 Å². The summed E-state index contributed by atoms with van der Waals surface area (Å²) in [5.41, 5.74) is 2.65. The van der Waals surface area contributed by atoms with E-state index in [1.54, 1.807) is 12.1 Å². The van der Waals surface area contributed by atoms with E-state index in [0.29, 0.717) is 5.69 Å². The van der Waals surface area contributed by atoms with E-state index < -0.39 is 10.0 Å². The zero-order valence-electron chi connectivity index (χ0n) is 9.80. The van der Waals surface area contributed by atoms with Gasteiger partial charge in [0.15, 0.2) is 5.03 Å². The highest BCUT2D eigenvalue weighted by molar-refractivity contribution is 7.99. The van der Waals surface area contributed by atoms with Gasteiger partial charge in [-0.15, -0.1) is 0 Å². The Bertz CT molecular complexity index is 500. The summed E-state index contributed by atoms with van der Waals surface area (Å²) in [7, 11) is -3.62. The van der Waals surface area contributed by atoms with Crippen LogP contribution in [-0.2, 0) is 10.0 Å². The molecule has 0 radical (unpaired) electrons. The van der Waals surface area contributed by atoms with Crippen LogP contribution in [0.25, 0.3) is 0 Å². The second-order valence-corrected chi connectivity index (χ2v) is 6.86. The minimum absolute atomic E-state index is 0.0103. The number of anilines is 1. The molecule has 6 nitrogen and oxygen atoms in total. The third kappa shape index (κ3) is 3.14. The molecule has 2 rings (SSSR count). The predicted molar refractivity (Wildman–Crippen MR) is 72.7 cm³/mol. The molecular weight excluding hydrogens is 272 g/mol. The van der Waals surface area contributed by atoms with Crippen LogP contribution in [0, 0.1) is 0 Å². The van der Waals surface area contributed by atoms with Crippen molar-refractivity contribution in [1.82, 2.24) is 9.71 Å². The Hall–Kier alpha value is -0.830. The lowest BCUT2D eigenvalue weighted by atomic mass is 10.2. The Morgan fingerprint density at radius 3 is 2.78 bits per heavy atom. The first-order valence-electron chi connectivity index (χ1n) is 5.65. The fourth-order valence-electron chi connectivity index (χ4n) is 1.81. The van der Waals surface area contributed by atoms with Crippen LogP contribution >= 0.6 is 11.8 Å². The van der Waals surface area contributed by atoms with Gasteiger partial charge in [-0.2, -0.15) is 11.8 Å². The maximum absolute atomic E-state index is 12.2. The van der Waals surface area contributed by atoms with Crippen molar-refractivity contribution < 1.29 is 8.42 Å². The van der Waals surface area contributed by atoms with E-state index in [2.05, 4.69) is 15.1 Å². The summed E-state index contributed by atoms with van der Waals surface area (Å²) in [6.45, 7) is 0. The van der Waals surface area contributed by atoms with Gasteiger partial charge in [0.05, 0.1) is 5.69 Å². The van der Waals surface area contributed by atoms with Crippen molar-refractivity contribution in [2.24, 2.45) is 5.84 Å². The van der Waals surface area contributed by atoms with E-state index >= 15 is 0 Å². The van der Waals surface area contributed by atoms with Crippen LogP contribution in [0.2, 0.25) is 0 Å². The normalized spacial score (nSPS) is 17.6.